The van der Waals surface area contributed by atoms with Crippen LogP contribution in [0, 0.1) is 13.8 Å². The Morgan fingerprint density at radius 2 is 1.87 bits per heavy atom. The van der Waals surface area contributed by atoms with Gasteiger partial charge in [0, 0.05) is 24.5 Å². The standard InChI is InChI=1S/C25H30ClN3O2/c1-4-7-22(25(30)28-10-12-31-13-11-28)29-23-15-18(3)17(2)14-21(23)27-24(29)16-19-8-5-6-9-20(19)26/h5-6,8-9,14-15,22H,4,7,10-13,16H2,1-3H3/t22-/m1/s1. The number of amides is 1. The van der Waals surface area contributed by atoms with Gasteiger partial charge in [0.25, 0.3) is 0 Å². The van der Waals surface area contributed by atoms with Gasteiger partial charge in [-0.05, 0) is 55.2 Å². The molecule has 0 radical (unpaired) electrons. The number of carbonyl (C=O) groups is 1. The van der Waals surface area contributed by atoms with Crippen LogP contribution in [-0.4, -0.2) is 46.7 Å². The summed E-state index contributed by atoms with van der Waals surface area (Å²) >= 11 is 6.47. The molecule has 3 aromatic rings. The van der Waals surface area contributed by atoms with Gasteiger partial charge in [-0.1, -0.05) is 43.1 Å². The summed E-state index contributed by atoms with van der Waals surface area (Å²) < 4.78 is 7.64. The normalized spacial score (nSPS) is 15.4. The Morgan fingerprint density at radius 1 is 1.16 bits per heavy atom. The minimum Gasteiger partial charge on any atom is -0.378 e. The van der Waals surface area contributed by atoms with Gasteiger partial charge < -0.3 is 14.2 Å². The highest BCUT2D eigenvalue weighted by atomic mass is 35.5. The second-order valence-electron chi connectivity index (χ2n) is 8.33. The van der Waals surface area contributed by atoms with E-state index >= 15 is 0 Å². The number of carbonyl (C=O) groups excluding carboxylic acids is 1. The molecule has 0 spiro atoms. The zero-order valence-electron chi connectivity index (χ0n) is 18.5. The van der Waals surface area contributed by atoms with Crippen molar-refractivity contribution in [2.45, 2.75) is 46.1 Å². The Hall–Kier alpha value is -2.37. The van der Waals surface area contributed by atoms with Crippen molar-refractivity contribution in [1.29, 1.82) is 0 Å². The Morgan fingerprint density at radius 3 is 2.58 bits per heavy atom. The molecule has 1 amide bonds. The van der Waals surface area contributed by atoms with E-state index in [0.29, 0.717) is 32.7 Å². The van der Waals surface area contributed by atoms with Crippen molar-refractivity contribution >= 4 is 28.5 Å². The number of benzene rings is 2. The lowest BCUT2D eigenvalue weighted by Crippen LogP contribution is -2.44. The predicted molar refractivity (Wildman–Crippen MR) is 125 cm³/mol. The summed E-state index contributed by atoms with van der Waals surface area (Å²) in [5.41, 5.74) is 5.37. The number of aryl methyl sites for hydroxylation is 2. The van der Waals surface area contributed by atoms with Crippen molar-refractivity contribution in [3.63, 3.8) is 0 Å². The van der Waals surface area contributed by atoms with Crippen molar-refractivity contribution in [3.8, 4) is 0 Å². The highest BCUT2D eigenvalue weighted by Crippen LogP contribution is 2.30. The van der Waals surface area contributed by atoms with Crippen LogP contribution in [0.15, 0.2) is 36.4 Å². The molecular weight excluding hydrogens is 410 g/mol. The second kappa shape index (κ2) is 9.41. The predicted octanol–water partition coefficient (Wildman–Crippen LogP) is 5.10. The van der Waals surface area contributed by atoms with Gasteiger partial charge in [0.2, 0.25) is 5.91 Å². The van der Waals surface area contributed by atoms with Gasteiger partial charge >= 0.3 is 0 Å². The molecule has 2 aromatic carbocycles. The molecule has 0 unspecified atom stereocenters. The number of morpholine rings is 1. The van der Waals surface area contributed by atoms with E-state index in [4.69, 9.17) is 21.3 Å². The van der Waals surface area contributed by atoms with Crippen LogP contribution in [0.5, 0.6) is 0 Å². The van der Waals surface area contributed by atoms with E-state index in [1.807, 2.05) is 29.2 Å². The summed E-state index contributed by atoms with van der Waals surface area (Å²) in [4.78, 5) is 20.6. The molecule has 5 nitrogen and oxygen atoms in total. The van der Waals surface area contributed by atoms with E-state index in [1.165, 1.54) is 11.1 Å². The van der Waals surface area contributed by atoms with E-state index in [2.05, 4.69) is 37.5 Å². The summed E-state index contributed by atoms with van der Waals surface area (Å²) in [5, 5.41) is 0.722. The van der Waals surface area contributed by atoms with Gasteiger partial charge in [-0.2, -0.15) is 0 Å². The largest absolute Gasteiger partial charge is 0.378 e. The van der Waals surface area contributed by atoms with E-state index < -0.39 is 0 Å². The molecule has 1 aromatic heterocycles. The lowest BCUT2D eigenvalue weighted by Gasteiger charge is -2.31. The number of hydrogen-bond acceptors (Lipinski definition) is 3. The summed E-state index contributed by atoms with van der Waals surface area (Å²) in [6.07, 6.45) is 2.27. The Kier molecular flexibility index (Phi) is 6.63. The number of halogens is 1. The first-order valence-corrected chi connectivity index (χ1v) is 11.5. The molecule has 0 saturated carbocycles. The first-order valence-electron chi connectivity index (χ1n) is 11.1. The number of ether oxygens (including phenoxy) is 1. The number of rotatable bonds is 6. The second-order valence-corrected chi connectivity index (χ2v) is 8.74. The summed E-state index contributed by atoms with van der Waals surface area (Å²) in [7, 11) is 0. The molecule has 4 rings (SSSR count). The zero-order chi connectivity index (χ0) is 22.0. The molecule has 0 N–H and O–H groups in total. The lowest BCUT2D eigenvalue weighted by molar-refractivity contribution is -0.139. The van der Waals surface area contributed by atoms with Crippen LogP contribution in [0.2, 0.25) is 5.02 Å². The minimum absolute atomic E-state index is 0.156. The summed E-state index contributed by atoms with van der Waals surface area (Å²) in [5.74, 6) is 1.04. The third kappa shape index (κ3) is 4.48. The Labute approximate surface area is 189 Å². The number of imidazole rings is 1. The fraction of sp³-hybridized carbons (Fsp3) is 0.440. The molecule has 1 atom stereocenters. The van der Waals surface area contributed by atoms with Crippen molar-refractivity contribution in [2.24, 2.45) is 0 Å². The zero-order valence-corrected chi connectivity index (χ0v) is 19.3. The number of nitrogens with zero attached hydrogens (tertiary/aromatic N) is 3. The smallest absolute Gasteiger partial charge is 0.245 e. The maximum Gasteiger partial charge on any atom is 0.245 e. The van der Waals surface area contributed by atoms with Crippen molar-refractivity contribution in [2.75, 3.05) is 26.3 Å². The van der Waals surface area contributed by atoms with E-state index in [9.17, 15) is 4.79 Å². The van der Waals surface area contributed by atoms with Gasteiger partial charge in [0.15, 0.2) is 0 Å². The average Bonchev–Trinajstić information content (AvgIpc) is 3.10. The van der Waals surface area contributed by atoms with Gasteiger partial charge in [-0.25, -0.2) is 4.98 Å². The Bertz CT molecular complexity index is 1090. The van der Waals surface area contributed by atoms with Crippen LogP contribution in [0.4, 0.5) is 0 Å². The van der Waals surface area contributed by atoms with E-state index in [0.717, 1.165) is 40.3 Å². The SMILES string of the molecule is CCC[C@H](C(=O)N1CCOCC1)n1c(Cc2ccccc2Cl)nc2cc(C)c(C)cc21. The molecular formula is C25H30ClN3O2. The summed E-state index contributed by atoms with van der Waals surface area (Å²) in [6.45, 7) is 8.82. The van der Waals surface area contributed by atoms with Crippen molar-refractivity contribution in [1.82, 2.24) is 14.5 Å². The molecule has 2 heterocycles. The molecule has 6 heteroatoms. The number of fused-ring (bicyclic) bond motifs is 1. The first kappa shape index (κ1) is 21.8. The first-order chi connectivity index (χ1) is 15.0. The molecule has 0 aliphatic carbocycles. The van der Waals surface area contributed by atoms with Gasteiger partial charge in [-0.15, -0.1) is 0 Å². The minimum atomic E-state index is -0.285. The van der Waals surface area contributed by atoms with Gasteiger partial charge in [-0.3, -0.25) is 4.79 Å². The quantitative estimate of drug-likeness (QED) is 0.537. The van der Waals surface area contributed by atoms with E-state index in [1.54, 1.807) is 0 Å². The Balaban J connectivity index is 1.84. The molecule has 1 aliphatic rings. The third-order valence-electron chi connectivity index (χ3n) is 6.17. The van der Waals surface area contributed by atoms with Crippen LogP contribution >= 0.6 is 11.6 Å². The topological polar surface area (TPSA) is 47.4 Å². The van der Waals surface area contributed by atoms with Crippen molar-refractivity contribution < 1.29 is 9.53 Å². The van der Waals surface area contributed by atoms with Crippen LogP contribution in [0.1, 0.15) is 48.3 Å². The average molecular weight is 440 g/mol. The molecule has 1 saturated heterocycles. The maximum atomic E-state index is 13.6. The van der Waals surface area contributed by atoms with E-state index in [-0.39, 0.29) is 11.9 Å². The molecule has 31 heavy (non-hydrogen) atoms. The number of hydrogen-bond donors (Lipinski definition) is 0. The highest BCUT2D eigenvalue weighted by Gasteiger charge is 2.30. The number of aromatic nitrogens is 2. The molecule has 164 valence electrons. The van der Waals surface area contributed by atoms with Crippen LogP contribution in [0.3, 0.4) is 0 Å². The summed E-state index contributed by atoms with van der Waals surface area (Å²) in [6, 6.07) is 11.9. The van der Waals surface area contributed by atoms with Gasteiger partial charge in [0.1, 0.15) is 11.9 Å². The fourth-order valence-corrected chi connectivity index (χ4v) is 4.52. The molecule has 1 aliphatic heterocycles. The third-order valence-corrected chi connectivity index (χ3v) is 6.53. The lowest BCUT2D eigenvalue weighted by atomic mass is 10.1. The molecule has 0 bridgehead atoms. The van der Waals surface area contributed by atoms with Gasteiger partial charge in [0.05, 0.1) is 24.2 Å². The fourth-order valence-electron chi connectivity index (χ4n) is 4.32. The van der Waals surface area contributed by atoms with Crippen molar-refractivity contribution in [3.05, 3.63) is 63.9 Å². The molecule has 1 fully saturated rings. The highest BCUT2D eigenvalue weighted by molar-refractivity contribution is 6.31. The van der Waals surface area contributed by atoms with Crippen LogP contribution in [0.25, 0.3) is 11.0 Å². The monoisotopic (exact) mass is 439 g/mol. The maximum absolute atomic E-state index is 13.6. The van der Waals surface area contributed by atoms with Crippen LogP contribution in [-0.2, 0) is 16.0 Å². The van der Waals surface area contributed by atoms with Crippen LogP contribution < -0.4 is 0 Å².